The molecular weight excluding hydrogens is 339 g/mol. The van der Waals surface area contributed by atoms with E-state index in [1.165, 1.54) is 0 Å². The van der Waals surface area contributed by atoms with Gasteiger partial charge < -0.3 is 8.83 Å². The fourth-order valence-electron chi connectivity index (χ4n) is 1.05. The summed E-state index contributed by atoms with van der Waals surface area (Å²) in [5.74, 6) is -12.9. The second-order valence-electron chi connectivity index (χ2n) is 3.59. The molecule has 3 atom stereocenters. The Balaban J connectivity index is 3.37. The molecule has 0 spiro atoms. The molecule has 12 heteroatoms. The molecule has 0 aliphatic carbocycles. The summed E-state index contributed by atoms with van der Waals surface area (Å²) in [4.78, 5) is 6.79. The van der Waals surface area contributed by atoms with Gasteiger partial charge in [-0.2, -0.15) is 26.3 Å². The number of halogens is 6. The number of rotatable bonds is 4. The molecule has 110 valence electrons. The summed E-state index contributed by atoms with van der Waals surface area (Å²) in [6.07, 6.45) is 0.0855. The second kappa shape index (κ2) is 4.71. The maximum Gasteiger partial charge on any atom is 0.518 e. The number of alkyl halides is 6. The largest absolute Gasteiger partial charge is 0.518 e. The molecule has 0 aromatic carbocycles. The maximum atomic E-state index is 13.8. The van der Waals surface area contributed by atoms with Crippen molar-refractivity contribution in [3.63, 3.8) is 0 Å². The van der Waals surface area contributed by atoms with Crippen molar-refractivity contribution in [2.45, 2.75) is 22.4 Å². The predicted molar refractivity (Wildman–Crippen MR) is 62.9 cm³/mol. The van der Waals surface area contributed by atoms with Crippen molar-refractivity contribution >= 4 is 27.7 Å². The molecule has 0 N–H and O–H groups in total. The van der Waals surface area contributed by atoms with Crippen LogP contribution in [0.1, 0.15) is 5.76 Å². The van der Waals surface area contributed by atoms with Crippen molar-refractivity contribution < 1.29 is 35.2 Å². The molecule has 1 aromatic rings. The fourth-order valence-corrected chi connectivity index (χ4v) is 2.30. The van der Waals surface area contributed by atoms with E-state index in [2.05, 4.69) is 8.83 Å². The van der Waals surface area contributed by atoms with Gasteiger partial charge in [-0.3, -0.25) is 0 Å². The molecule has 1 rings (SSSR count). The molecule has 0 fully saturated rings. The van der Waals surface area contributed by atoms with E-state index in [4.69, 9.17) is 0 Å². The summed E-state index contributed by atoms with van der Waals surface area (Å²) < 4.78 is 87.9. The first-order chi connectivity index (χ1) is 8.25. The van der Waals surface area contributed by atoms with E-state index >= 15 is 0 Å². The Morgan fingerprint density at radius 3 is 1.79 bits per heavy atom. The van der Waals surface area contributed by atoms with Crippen LogP contribution in [0.3, 0.4) is 0 Å². The minimum absolute atomic E-state index is 0.0855. The maximum absolute atomic E-state index is 13.8. The van der Waals surface area contributed by atoms with E-state index in [1.54, 1.807) is 0 Å². The highest BCUT2D eigenvalue weighted by molar-refractivity contribution is 7.40. The third-order valence-electron chi connectivity index (χ3n) is 2.22. The van der Waals surface area contributed by atoms with Crippen LogP contribution in [-0.2, 0) is 5.92 Å². The fraction of sp³-hybridized carbons (Fsp3) is 0.571. The molecular formula is C7H7F6O3P3. The Morgan fingerprint density at radius 2 is 1.47 bits per heavy atom. The van der Waals surface area contributed by atoms with Crippen LogP contribution < -0.4 is 5.82 Å². The zero-order valence-electron chi connectivity index (χ0n) is 8.80. The molecule has 1 aromatic heterocycles. The van der Waals surface area contributed by atoms with E-state index in [9.17, 15) is 31.1 Å². The summed E-state index contributed by atoms with van der Waals surface area (Å²) in [7, 11) is 2.37. The number of hydrogen-bond acceptors (Lipinski definition) is 3. The summed E-state index contributed by atoms with van der Waals surface area (Å²) in [5.41, 5.74) is -4.82. The van der Waals surface area contributed by atoms with Gasteiger partial charge in [-0.1, -0.05) is 9.24 Å². The van der Waals surface area contributed by atoms with Crippen LogP contribution in [0, 0.1) is 0 Å². The lowest BCUT2D eigenvalue weighted by atomic mass is 10.1. The van der Waals surface area contributed by atoms with Crippen LogP contribution in [0.25, 0.3) is 0 Å². The van der Waals surface area contributed by atoms with Gasteiger partial charge in [0.2, 0.25) is 5.76 Å². The molecule has 19 heavy (non-hydrogen) atoms. The van der Waals surface area contributed by atoms with Crippen molar-refractivity contribution in [2.75, 3.05) is 0 Å². The van der Waals surface area contributed by atoms with Gasteiger partial charge in [0.1, 0.15) is 11.2 Å². The SMILES string of the molecule is O=c1occ(C(F)(F)C(P)(P)C(F)(F)C(F)(F)P)o1. The van der Waals surface area contributed by atoms with Gasteiger partial charge in [0.15, 0.2) is 0 Å². The van der Waals surface area contributed by atoms with Crippen molar-refractivity contribution in [3.8, 4) is 0 Å². The van der Waals surface area contributed by atoms with E-state index in [0.717, 1.165) is 18.5 Å². The molecule has 0 saturated carbocycles. The van der Waals surface area contributed by atoms with Gasteiger partial charge in [0.25, 0.3) is 0 Å². The Morgan fingerprint density at radius 1 is 1.00 bits per heavy atom. The van der Waals surface area contributed by atoms with Crippen LogP contribution in [0.2, 0.25) is 0 Å². The van der Waals surface area contributed by atoms with E-state index in [1.807, 2.05) is 0 Å². The minimum Gasteiger partial charge on any atom is -0.399 e. The molecule has 0 amide bonds. The Hall–Kier alpha value is -0.120. The first kappa shape index (κ1) is 16.9. The zero-order valence-corrected chi connectivity index (χ0v) is 12.3. The lowest BCUT2D eigenvalue weighted by Gasteiger charge is -2.40. The molecule has 0 aliphatic rings. The van der Waals surface area contributed by atoms with Gasteiger partial charge in [0.05, 0.1) is 0 Å². The quantitative estimate of drug-likeness (QED) is 0.622. The first-order valence-electron chi connectivity index (χ1n) is 4.34. The molecule has 0 bridgehead atoms. The highest BCUT2D eigenvalue weighted by Gasteiger charge is 2.73. The van der Waals surface area contributed by atoms with Crippen LogP contribution in [0.5, 0.6) is 0 Å². The topological polar surface area (TPSA) is 43.4 Å². The van der Waals surface area contributed by atoms with Crippen molar-refractivity contribution in [1.29, 1.82) is 0 Å². The van der Waals surface area contributed by atoms with Crippen LogP contribution in [-0.4, -0.2) is 16.5 Å². The van der Waals surface area contributed by atoms with Gasteiger partial charge in [-0.05, 0) is 0 Å². The summed E-state index contributed by atoms with van der Waals surface area (Å²) >= 11 is 0. The highest BCUT2D eigenvalue weighted by Crippen LogP contribution is 2.62. The lowest BCUT2D eigenvalue weighted by Crippen LogP contribution is -2.56. The predicted octanol–water partition coefficient (Wildman–Crippen LogP) is 2.87. The third kappa shape index (κ3) is 2.57. The third-order valence-corrected chi connectivity index (χ3v) is 4.04. The smallest absolute Gasteiger partial charge is 0.399 e. The standard InChI is InChI=1S/C7H7F6O3P3/c8-4(9,2-1-15-3(14)16-2)6(17,18)5(10,11)7(12,13)19/h1H,17-19H2. The molecule has 1 heterocycles. The lowest BCUT2D eigenvalue weighted by molar-refractivity contribution is -0.206. The molecule has 3 unspecified atom stereocenters. The Kier molecular flexibility index (Phi) is 4.20. The van der Waals surface area contributed by atoms with Crippen LogP contribution in [0.4, 0.5) is 26.3 Å². The Bertz CT molecular complexity index is 517. The van der Waals surface area contributed by atoms with Crippen LogP contribution >= 0.6 is 27.7 Å². The molecule has 0 radical (unpaired) electrons. The normalized spacial score (nSPS) is 14.8. The molecule has 3 nitrogen and oxygen atoms in total. The van der Waals surface area contributed by atoms with Crippen LogP contribution in [0.15, 0.2) is 19.9 Å². The van der Waals surface area contributed by atoms with Gasteiger partial charge >= 0.3 is 23.3 Å². The van der Waals surface area contributed by atoms with Gasteiger partial charge in [-0.15, -0.1) is 18.5 Å². The summed E-state index contributed by atoms with van der Waals surface area (Å²) in [6.45, 7) is 0. The number of hydrogen-bond donors (Lipinski definition) is 0. The zero-order chi connectivity index (χ0) is 15.3. The second-order valence-corrected chi connectivity index (χ2v) is 6.81. The summed E-state index contributed by atoms with van der Waals surface area (Å²) in [5, 5.41) is 0. The Labute approximate surface area is 109 Å². The molecule has 0 saturated heterocycles. The monoisotopic (exact) mass is 346 g/mol. The average Bonchev–Trinajstić information content (AvgIpc) is 2.63. The van der Waals surface area contributed by atoms with E-state index in [-0.39, 0.29) is 6.26 Å². The van der Waals surface area contributed by atoms with Gasteiger partial charge in [-0.25, -0.2) is 4.79 Å². The first-order valence-corrected chi connectivity index (χ1v) is 6.07. The van der Waals surface area contributed by atoms with Crippen molar-refractivity contribution in [2.24, 2.45) is 0 Å². The van der Waals surface area contributed by atoms with Crippen molar-refractivity contribution in [3.05, 3.63) is 22.6 Å². The molecule has 0 aliphatic heterocycles. The van der Waals surface area contributed by atoms with Crippen molar-refractivity contribution in [1.82, 2.24) is 0 Å². The van der Waals surface area contributed by atoms with Gasteiger partial charge in [0, 0.05) is 0 Å². The average molecular weight is 346 g/mol. The highest BCUT2D eigenvalue weighted by atomic mass is 31.1. The van der Waals surface area contributed by atoms with E-state index < -0.39 is 34.0 Å². The minimum atomic E-state index is -5.17. The van der Waals surface area contributed by atoms with E-state index in [0.29, 0.717) is 9.24 Å². The summed E-state index contributed by atoms with van der Waals surface area (Å²) in [6, 6.07) is 0.